The summed E-state index contributed by atoms with van der Waals surface area (Å²) >= 11 is 3.44. The normalized spacial score (nSPS) is 15.0. The fraction of sp³-hybridized carbons (Fsp3) is 0.0435. The Bertz CT molecular complexity index is 1120. The zero-order valence-electron chi connectivity index (χ0n) is 15.5. The van der Waals surface area contributed by atoms with Gasteiger partial charge in [0.1, 0.15) is 23.1 Å². The minimum atomic E-state index is -0.367. The molecule has 3 aromatic rings. The minimum absolute atomic E-state index is 0.276. The Kier molecular flexibility index (Phi) is 5.27. The topological polar surface area (TPSA) is 41.9 Å². The smallest absolute Gasteiger partial charge is 0.282 e. The molecule has 0 N–H and O–H groups in total. The highest BCUT2D eigenvalue weighted by molar-refractivity contribution is 9.10. The highest BCUT2D eigenvalue weighted by Crippen LogP contribution is 2.29. The summed E-state index contributed by atoms with van der Waals surface area (Å²) in [5, 5.41) is 0. The van der Waals surface area contributed by atoms with Crippen LogP contribution in [0.3, 0.4) is 0 Å². The molecule has 0 radical (unpaired) electrons. The first kappa shape index (κ1) is 19.1. The maximum Gasteiger partial charge on any atom is 0.282 e. The van der Waals surface area contributed by atoms with Gasteiger partial charge in [0, 0.05) is 10.0 Å². The number of rotatable bonds is 4. The number of carbonyl (C=O) groups excluding carboxylic acids is 1. The van der Waals surface area contributed by atoms with Gasteiger partial charge in [-0.3, -0.25) is 9.69 Å². The van der Waals surface area contributed by atoms with Crippen molar-refractivity contribution in [1.29, 1.82) is 0 Å². The van der Waals surface area contributed by atoms with E-state index in [0.29, 0.717) is 23.0 Å². The third-order valence-electron chi connectivity index (χ3n) is 4.45. The van der Waals surface area contributed by atoms with E-state index in [1.54, 1.807) is 37.5 Å². The maximum absolute atomic E-state index is 13.4. The summed E-state index contributed by atoms with van der Waals surface area (Å²) in [6.45, 7) is 0. The van der Waals surface area contributed by atoms with Crippen LogP contribution in [0.2, 0.25) is 0 Å². The molecule has 0 bridgehead atoms. The fourth-order valence-electron chi connectivity index (χ4n) is 3.03. The molecule has 0 fully saturated rings. The third-order valence-corrected chi connectivity index (χ3v) is 4.94. The Balaban J connectivity index is 1.81. The predicted octanol–water partition coefficient (Wildman–Crippen LogP) is 5.43. The Morgan fingerprint density at radius 2 is 1.76 bits per heavy atom. The average Bonchev–Trinajstić information content (AvgIpc) is 3.05. The molecule has 0 spiro atoms. The molecular weight excluding hydrogens is 435 g/mol. The van der Waals surface area contributed by atoms with Crippen molar-refractivity contribution < 1.29 is 13.9 Å². The van der Waals surface area contributed by atoms with Crippen LogP contribution < -0.4 is 9.64 Å². The molecule has 1 aliphatic heterocycles. The Morgan fingerprint density at radius 1 is 1.03 bits per heavy atom. The van der Waals surface area contributed by atoms with Gasteiger partial charge in [-0.1, -0.05) is 28.1 Å². The average molecular weight is 451 g/mol. The standard InChI is InChI=1S/C23H16BrFN2O2/c1-29-20-11-5-16(6-12-20)22-26-21(14-15-3-2-4-17(24)13-15)23(28)27(22)19-9-7-18(25)8-10-19/h2-14H,1H3/b21-14+. The summed E-state index contributed by atoms with van der Waals surface area (Å²) in [5.41, 5.74) is 2.45. The molecule has 1 aliphatic rings. The van der Waals surface area contributed by atoms with Crippen molar-refractivity contribution in [2.24, 2.45) is 4.99 Å². The second-order valence-electron chi connectivity index (χ2n) is 6.37. The molecule has 4 rings (SSSR count). The van der Waals surface area contributed by atoms with E-state index in [9.17, 15) is 9.18 Å². The van der Waals surface area contributed by atoms with Crippen LogP contribution in [0.4, 0.5) is 10.1 Å². The van der Waals surface area contributed by atoms with E-state index >= 15 is 0 Å². The number of hydrogen-bond donors (Lipinski definition) is 0. The molecule has 0 aliphatic carbocycles. The van der Waals surface area contributed by atoms with Crippen molar-refractivity contribution in [3.8, 4) is 5.75 Å². The summed E-state index contributed by atoms with van der Waals surface area (Å²) in [7, 11) is 1.59. The van der Waals surface area contributed by atoms with Gasteiger partial charge < -0.3 is 4.74 Å². The second kappa shape index (κ2) is 8.01. The number of ether oxygens (including phenoxy) is 1. The van der Waals surface area contributed by atoms with E-state index in [2.05, 4.69) is 20.9 Å². The van der Waals surface area contributed by atoms with Gasteiger partial charge >= 0.3 is 0 Å². The van der Waals surface area contributed by atoms with E-state index in [1.165, 1.54) is 17.0 Å². The van der Waals surface area contributed by atoms with E-state index in [-0.39, 0.29) is 11.7 Å². The van der Waals surface area contributed by atoms with Gasteiger partial charge in [0.25, 0.3) is 5.91 Å². The number of amides is 1. The van der Waals surface area contributed by atoms with Crippen molar-refractivity contribution >= 4 is 39.4 Å². The van der Waals surface area contributed by atoms with Crippen LogP contribution in [0.1, 0.15) is 11.1 Å². The van der Waals surface area contributed by atoms with E-state index in [1.807, 2.05) is 36.4 Å². The van der Waals surface area contributed by atoms with E-state index in [4.69, 9.17) is 4.74 Å². The number of hydrogen-bond acceptors (Lipinski definition) is 3. The lowest BCUT2D eigenvalue weighted by Crippen LogP contribution is -2.32. The molecule has 1 heterocycles. The lowest BCUT2D eigenvalue weighted by Gasteiger charge is -2.18. The fourth-order valence-corrected chi connectivity index (χ4v) is 3.45. The molecule has 0 saturated heterocycles. The first-order valence-corrected chi connectivity index (χ1v) is 9.65. The molecule has 0 saturated carbocycles. The number of anilines is 1. The predicted molar refractivity (Wildman–Crippen MR) is 116 cm³/mol. The van der Waals surface area contributed by atoms with Gasteiger partial charge in [0.05, 0.1) is 12.8 Å². The quantitative estimate of drug-likeness (QED) is 0.497. The summed E-state index contributed by atoms with van der Waals surface area (Å²) < 4.78 is 19.5. The molecule has 3 aromatic carbocycles. The summed E-state index contributed by atoms with van der Waals surface area (Å²) in [5.74, 6) is 0.540. The zero-order chi connectivity index (χ0) is 20.4. The molecule has 1 amide bonds. The number of benzene rings is 3. The number of halogens is 2. The molecule has 6 heteroatoms. The van der Waals surface area contributed by atoms with Crippen molar-refractivity contribution in [2.45, 2.75) is 0 Å². The summed E-state index contributed by atoms with van der Waals surface area (Å²) in [6.07, 6.45) is 1.74. The van der Waals surface area contributed by atoms with Crippen LogP contribution in [-0.2, 0) is 4.79 Å². The number of nitrogens with zero attached hydrogens (tertiary/aromatic N) is 2. The lowest BCUT2D eigenvalue weighted by atomic mass is 10.1. The first-order chi connectivity index (χ1) is 14.0. The Labute approximate surface area is 176 Å². The minimum Gasteiger partial charge on any atom is -0.497 e. The van der Waals surface area contributed by atoms with Crippen molar-refractivity contribution in [2.75, 3.05) is 12.0 Å². The second-order valence-corrected chi connectivity index (χ2v) is 7.28. The molecule has 0 aromatic heterocycles. The van der Waals surface area contributed by atoms with Crippen LogP contribution in [0, 0.1) is 5.82 Å². The Hall–Kier alpha value is -3.25. The molecule has 0 unspecified atom stereocenters. The number of amidine groups is 1. The van der Waals surface area contributed by atoms with Gasteiger partial charge in [-0.2, -0.15) is 0 Å². The molecule has 144 valence electrons. The van der Waals surface area contributed by atoms with Gasteiger partial charge in [-0.05, 0) is 72.3 Å². The first-order valence-electron chi connectivity index (χ1n) is 8.85. The van der Waals surface area contributed by atoms with Gasteiger partial charge in [-0.15, -0.1) is 0 Å². The van der Waals surface area contributed by atoms with Gasteiger partial charge in [-0.25, -0.2) is 9.38 Å². The van der Waals surface area contributed by atoms with Crippen LogP contribution in [0.25, 0.3) is 6.08 Å². The van der Waals surface area contributed by atoms with Gasteiger partial charge in [0.2, 0.25) is 0 Å². The van der Waals surface area contributed by atoms with Crippen LogP contribution in [0.5, 0.6) is 5.75 Å². The number of aliphatic imine (C=N–C) groups is 1. The van der Waals surface area contributed by atoms with Crippen molar-refractivity contribution in [1.82, 2.24) is 0 Å². The van der Waals surface area contributed by atoms with Crippen molar-refractivity contribution in [3.05, 3.63) is 99.9 Å². The summed E-state index contributed by atoms with van der Waals surface area (Å²) in [6, 6.07) is 20.7. The van der Waals surface area contributed by atoms with E-state index < -0.39 is 0 Å². The number of methoxy groups -OCH3 is 1. The van der Waals surface area contributed by atoms with Crippen LogP contribution in [-0.4, -0.2) is 18.9 Å². The summed E-state index contributed by atoms with van der Waals surface area (Å²) in [4.78, 5) is 19.3. The number of carbonyl (C=O) groups is 1. The van der Waals surface area contributed by atoms with Crippen LogP contribution >= 0.6 is 15.9 Å². The lowest BCUT2D eigenvalue weighted by molar-refractivity contribution is -0.113. The van der Waals surface area contributed by atoms with Crippen molar-refractivity contribution in [3.63, 3.8) is 0 Å². The highest BCUT2D eigenvalue weighted by atomic mass is 79.9. The van der Waals surface area contributed by atoms with Gasteiger partial charge in [0.15, 0.2) is 0 Å². The Morgan fingerprint density at radius 3 is 2.41 bits per heavy atom. The molecule has 4 nitrogen and oxygen atoms in total. The third kappa shape index (κ3) is 3.98. The largest absolute Gasteiger partial charge is 0.497 e. The monoisotopic (exact) mass is 450 g/mol. The maximum atomic E-state index is 13.4. The van der Waals surface area contributed by atoms with E-state index in [0.717, 1.165) is 15.6 Å². The SMILES string of the molecule is COc1ccc(C2=N/C(=C/c3cccc(Br)c3)C(=O)N2c2ccc(F)cc2)cc1. The highest BCUT2D eigenvalue weighted by Gasteiger charge is 2.32. The molecule has 29 heavy (non-hydrogen) atoms. The van der Waals surface area contributed by atoms with Crippen LogP contribution in [0.15, 0.2) is 88.0 Å². The molecule has 0 atom stereocenters. The molecular formula is C23H16BrFN2O2. The zero-order valence-corrected chi connectivity index (χ0v) is 17.1.